The molecule has 1 amide bonds. The van der Waals surface area contributed by atoms with Crippen LogP contribution in [0.5, 0.6) is 0 Å². The van der Waals surface area contributed by atoms with Crippen LogP contribution in [0.2, 0.25) is 0 Å². The molecule has 1 aromatic rings. The Morgan fingerprint density at radius 1 is 1.42 bits per heavy atom. The smallest absolute Gasteiger partial charge is 0.337 e. The Bertz CT molecular complexity index is 444. The predicted molar refractivity (Wildman–Crippen MR) is 72.8 cm³/mol. The number of methoxy groups -OCH3 is 1. The van der Waals surface area contributed by atoms with Crippen molar-refractivity contribution in [2.45, 2.75) is 25.8 Å². The monoisotopic (exact) mass is 264 g/mol. The second-order valence-corrected chi connectivity index (χ2v) is 4.47. The maximum absolute atomic E-state index is 11.4. The van der Waals surface area contributed by atoms with Crippen LogP contribution in [0.15, 0.2) is 24.3 Å². The number of hydrogen-bond donors (Lipinski definition) is 2. The van der Waals surface area contributed by atoms with Crippen LogP contribution in [0.3, 0.4) is 0 Å². The zero-order valence-corrected chi connectivity index (χ0v) is 11.3. The van der Waals surface area contributed by atoms with E-state index in [1.807, 2.05) is 6.07 Å². The van der Waals surface area contributed by atoms with Crippen LogP contribution in [0.4, 0.5) is 0 Å². The van der Waals surface area contributed by atoms with Crippen molar-refractivity contribution in [1.82, 2.24) is 5.32 Å². The first-order valence-corrected chi connectivity index (χ1v) is 6.22. The van der Waals surface area contributed by atoms with Crippen molar-refractivity contribution < 1.29 is 14.3 Å². The molecule has 0 spiro atoms. The van der Waals surface area contributed by atoms with Gasteiger partial charge < -0.3 is 15.8 Å². The maximum atomic E-state index is 11.4. The molecule has 0 aliphatic rings. The summed E-state index contributed by atoms with van der Waals surface area (Å²) < 4.78 is 4.66. The molecule has 1 unspecified atom stereocenters. The lowest BCUT2D eigenvalue weighted by molar-refractivity contribution is -0.121. The molecule has 0 aliphatic heterocycles. The summed E-state index contributed by atoms with van der Waals surface area (Å²) in [6.07, 6.45) is 0.984. The van der Waals surface area contributed by atoms with Crippen molar-refractivity contribution in [2.75, 3.05) is 13.7 Å². The molecular weight excluding hydrogens is 244 g/mol. The van der Waals surface area contributed by atoms with Crippen molar-refractivity contribution in [3.05, 3.63) is 35.4 Å². The summed E-state index contributed by atoms with van der Waals surface area (Å²) in [6, 6.07) is 7.03. The predicted octanol–water partition coefficient (Wildman–Crippen LogP) is 0.869. The maximum Gasteiger partial charge on any atom is 0.337 e. The van der Waals surface area contributed by atoms with Crippen LogP contribution in [0.25, 0.3) is 0 Å². The number of nitrogens with two attached hydrogens (primary N) is 1. The number of benzene rings is 1. The highest BCUT2D eigenvalue weighted by atomic mass is 16.5. The highest BCUT2D eigenvalue weighted by molar-refractivity contribution is 5.89. The Morgan fingerprint density at radius 2 is 2.16 bits per heavy atom. The zero-order valence-electron chi connectivity index (χ0n) is 11.3. The van der Waals surface area contributed by atoms with Gasteiger partial charge in [-0.2, -0.15) is 0 Å². The van der Waals surface area contributed by atoms with Crippen molar-refractivity contribution in [1.29, 1.82) is 0 Å². The summed E-state index contributed by atoms with van der Waals surface area (Å²) in [4.78, 5) is 22.8. The third kappa shape index (κ3) is 5.52. The Balaban J connectivity index is 2.45. The number of ether oxygens (including phenoxy) is 1. The van der Waals surface area contributed by atoms with Crippen LogP contribution in [0.1, 0.15) is 29.3 Å². The lowest BCUT2D eigenvalue weighted by atomic mass is 10.1. The van der Waals surface area contributed by atoms with Crippen molar-refractivity contribution in [3.63, 3.8) is 0 Å². The molecule has 0 saturated carbocycles. The molecule has 104 valence electrons. The lowest BCUT2D eigenvalue weighted by Crippen LogP contribution is -2.31. The van der Waals surface area contributed by atoms with Gasteiger partial charge in [0.05, 0.1) is 12.7 Å². The second kappa shape index (κ2) is 7.53. The number of carbonyl (C=O) groups is 2. The molecule has 5 heteroatoms. The minimum atomic E-state index is -0.358. The molecule has 0 heterocycles. The summed E-state index contributed by atoms with van der Waals surface area (Å²) in [5, 5.41) is 2.79. The summed E-state index contributed by atoms with van der Waals surface area (Å²) >= 11 is 0. The summed E-state index contributed by atoms with van der Waals surface area (Å²) in [6.45, 7) is 2.32. The Hall–Kier alpha value is -1.88. The number of esters is 1. The normalized spacial score (nSPS) is 11.7. The topological polar surface area (TPSA) is 81.4 Å². The molecule has 0 aromatic heterocycles. The van der Waals surface area contributed by atoms with E-state index in [1.54, 1.807) is 25.1 Å². The minimum absolute atomic E-state index is 0.0564. The van der Waals surface area contributed by atoms with E-state index in [9.17, 15) is 9.59 Å². The molecule has 0 aliphatic carbocycles. The van der Waals surface area contributed by atoms with E-state index in [0.717, 1.165) is 5.56 Å². The Labute approximate surface area is 113 Å². The first kappa shape index (κ1) is 15.2. The van der Waals surface area contributed by atoms with Gasteiger partial charge in [-0.1, -0.05) is 12.1 Å². The van der Waals surface area contributed by atoms with Gasteiger partial charge in [0.15, 0.2) is 0 Å². The number of nitrogens with one attached hydrogen (secondary N) is 1. The van der Waals surface area contributed by atoms with Crippen molar-refractivity contribution in [3.8, 4) is 0 Å². The summed E-state index contributed by atoms with van der Waals surface area (Å²) in [7, 11) is 1.35. The molecule has 1 atom stereocenters. The third-order valence-electron chi connectivity index (χ3n) is 2.59. The number of carbonyl (C=O) groups excluding carboxylic acids is 2. The van der Waals surface area contributed by atoms with Gasteiger partial charge in [0.2, 0.25) is 5.91 Å². The fourth-order valence-corrected chi connectivity index (χ4v) is 1.68. The SMILES string of the molecule is COC(=O)c1cccc(CCNC(=O)CC(C)N)c1. The van der Waals surface area contributed by atoms with Crippen LogP contribution in [-0.2, 0) is 16.0 Å². The molecule has 19 heavy (non-hydrogen) atoms. The highest BCUT2D eigenvalue weighted by Gasteiger charge is 2.07. The molecule has 5 nitrogen and oxygen atoms in total. The first-order valence-electron chi connectivity index (χ1n) is 6.22. The number of amides is 1. The standard InChI is InChI=1S/C14H20N2O3/c1-10(15)8-13(17)16-7-6-11-4-3-5-12(9-11)14(18)19-2/h3-5,9-10H,6-8,15H2,1-2H3,(H,16,17). The summed E-state index contributed by atoms with van der Waals surface area (Å²) in [5.74, 6) is -0.415. The van der Waals surface area contributed by atoms with Crippen LogP contribution < -0.4 is 11.1 Å². The largest absolute Gasteiger partial charge is 0.465 e. The van der Waals surface area contributed by atoms with Gasteiger partial charge in [-0.3, -0.25) is 4.79 Å². The molecule has 3 N–H and O–H groups in total. The van der Waals surface area contributed by atoms with E-state index in [2.05, 4.69) is 10.1 Å². The van der Waals surface area contributed by atoms with Gasteiger partial charge in [-0.15, -0.1) is 0 Å². The molecular formula is C14H20N2O3. The fourth-order valence-electron chi connectivity index (χ4n) is 1.68. The fraction of sp³-hybridized carbons (Fsp3) is 0.429. The van der Waals surface area contributed by atoms with Gasteiger partial charge >= 0.3 is 5.97 Å². The van der Waals surface area contributed by atoms with E-state index in [0.29, 0.717) is 24.9 Å². The van der Waals surface area contributed by atoms with E-state index in [1.165, 1.54) is 7.11 Å². The van der Waals surface area contributed by atoms with E-state index < -0.39 is 0 Å². The van der Waals surface area contributed by atoms with Gasteiger partial charge in [-0.05, 0) is 31.0 Å². The second-order valence-electron chi connectivity index (χ2n) is 4.47. The molecule has 1 rings (SSSR count). The van der Waals surface area contributed by atoms with Crippen LogP contribution >= 0.6 is 0 Å². The van der Waals surface area contributed by atoms with E-state index in [4.69, 9.17) is 5.73 Å². The molecule has 0 radical (unpaired) electrons. The quantitative estimate of drug-likeness (QED) is 0.747. The number of hydrogen-bond acceptors (Lipinski definition) is 4. The van der Waals surface area contributed by atoms with Gasteiger partial charge in [0.1, 0.15) is 0 Å². The molecule has 1 aromatic carbocycles. The average molecular weight is 264 g/mol. The van der Waals surface area contributed by atoms with Crippen LogP contribution in [-0.4, -0.2) is 31.6 Å². The molecule has 0 bridgehead atoms. The Kier molecular flexibility index (Phi) is 6.02. The van der Waals surface area contributed by atoms with Gasteiger partial charge in [0, 0.05) is 19.0 Å². The van der Waals surface area contributed by atoms with Crippen LogP contribution in [0, 0.1) is 0 Å². The lowest BCUT2D eigenvalue weighted by Gasteiger charge is -2.08. The number of rotatable bonds is 6. The van der Waals surface area contributed by atoms with E-state index >= 15 is 0 Å². The molecule has 0 saturated heterocycles. The zero-order chi connectivity index (χ0) is 14.3. The Morgan fingerprint density at radius 3 is 2.79 bits per heavy atom. The van der Waals surface area contributed by atoms with Crippen molar-refractivity contribution >= 4 is 11.9 Å². The minimum Gasteiger partial charge on any atom is -0.465 e. The first-order chi connectivity index (χ1) is 9.02. The average Bonchev–Trinajstić information content (AvgIpc) is 2.37. The third-order valence-corrected chi connectivity index (χ3v) is 2.59. The van der Waals surface area contributed by atoms with E-state index in [-0.39, 0.29) is 17.9 Å². The van der Waals surface area contributed by atoms with Gasteiger partial charge in [0.25, 0.3) is 0 Å². The molecule has 0 fully saturated rings. The summed E-state index contributed by atoms with van der Waals surface area (Å²) in [5.41, 5.74) is 7.02. The van der Waals surface area contributed by atoms with Gasteiger partial charge in [-0.25, -0.2) is 4.79 Å². The van der Waals surface area contributed by atoms with Crippen molar-refractivity contribution in [2.24, 2.45) is 5.73 Å². The highest BCUT2D eigenvalue weighted by Crippen LogP contribution is 2.07.